The van der Waals surface area contributed by atoms with E-state index in [2.05, 4.69) is 36.1 Å². The molecule has 0 saturated carbocycles. The molecule has 0 radical (unpaired) electrons. The van der Waals surface area contributed by atoms with Crippen LogP contribution in [0.3, 0.4) is 0 Å². The van der Waals surface area contributed by atoms with Crippen molar-refractivity contribution in [3.8, 4) is 0 Å². The number of halogens is 3. The fraction of sp³-hybridized carbons (Fsp3) is 0.421. The molecular formula is C19H21F3N8O2S. The van der Waals surface area contributed by atoms with Crippen LogP contribution in [0.5, 0.6) is 0 Å². The van der Waals surface area contributed by atoms with E-state index < -0.39 is 23.9 Å². The van der Waals surface area contributed by atoms with E-state index in [1.807, 2.05) is 0 Å². The molecule has 0 aromatic carbocycles. The SMILES string of the molecule is CNC(=O)c1cn(C[C@@H](F)CCc2nnc(C(=O)NCc3cc(C(C)(F)F)ccn3)s2)nn1. The number of aryl methyl sites for hydroxylation is 1. The number of pyridine rings is 1. The zero-order chi connectivity index (χ0) is 24.0. The Morgan fingerprint density at radius 3 is 2.76 bits per heavy atom. The van der Waals surface area contributed by atoms with E-state index in [0.29, 0.717) is 5.01 Å². The standard InChI is InChI=1S/C19H21F3N8O2S/c1-19(21,22)11-5-6-24-13(7-11)8-25-17(32)18-28-27-15(33-18)4-3-12(20)9-30-10-14(26-29-30)16(31)23-2/h5-7,10,12H,3-4,8-9H2,1-2H3,(H,23,31)(H,25,32)/t12-/m0/s1. The quantitative estimate of drug-likeness (QED) is 0.452. The Hall–Kier alpha value is -3.42. The molecule has 2 N–H and O–H groups in total. The highest BCUT2D eigenvalue weighted by atomic mass is 32.1. The first-order chi connectivity index (χ1) is 15.7. The first-order valence-corrected chi connectivity index (χ1v) is 10.7. The second-order valence-electron chi connectivity index (χ2n) is 7.15. The van der Waals surface area contributed by atoms with Crippen molar-refractivity contribution in [3.63, 3.8) is 0 Å². The summed E-state index contributed by atoms with van der Waals surface area (Å²) < 4.78 is 42.4. The molecule has 0 saturated heterocycles. The molecule has 3 rings (SSSR count). The molecule has 0 bridgehead atoms. The van der Waals surface area contributed by atoms with Crippen molar-refractivity contribution in [2.45, 2.75) is 44.9 Å². The second kappa shape index (κ2) is 10.5. The molecule has 3 heterocycles. The third-order valence-electron chi connectivity index (χ3n) is 4.47. The lowest BCUT2D eigenvalue weighted by molar-refractivity contribution is 0.0173. The van der Waals surface area contributed by atoms with Crippen LogP contribution in [-0.4, -0.2) is 55.2 Å². The molecule has 0 aliphatic rings. The number of nitrogens with one attached hydrogen (secondary N) is 2. The average Bonchev–Trinajstić information content (AvgIpc) is 3.45. The summed E-state index contributed by atoms with van der Waals surface area (Å²) in [5, 5.41) is 20.6. The van der Waals surface area contributed by atoms with Gasteiger partial charge in [-0.1, -0.05) is 16.6 Å². The molecule has 33 heavy (non-hydrogen) atoms. The van der Waals surface area contributed by atoms with Gasteiger partial charge < -0.3 is 10.6 Å². The largest absolute Gasteiger partial charge is 0.354 e. The molecule has 3 aromatic heterocycles. The van der Waals surface area contributed by atoms with Crippen LogP contribution < -0.4 is 10.6 Å². The number of amides is 2. The Kier molecular flexibility index (Phi) is 7.68. The van der Waals surface area contributed by atoms with Gasteiger partial charge in [-0.2, -0.15) is 0 Å². The Balaban J connectivity index is 1.47. The van der Waals surface area contributed by atoms with E-state index >= 15 is 0 Å². The normalized spacial score (nSPS) is 12.4. The predicted molar refractivity (Wildman–Crippen MR) is 112 cm³/mol. The van der Waals surface area contributed by atoms with Gasteiger partial charge in [0.25, 0.3) is 17.7 Å². The van der Waals surface area contributed by atoms with Crippen molar-refractivity contribution in [1.82, 2.24) is 40.8 Å². The van der Waals surface area contributed by atoms with E-state index in [0.717, 1.165) is 18.3 Å². The Morgan fingerprint density at radius 1 is 1.24 bits per heavy atom. The van der Waals surface area contributed by atoms with Gasteiger partial charge in [-0.3, -0.25) is 14.6 Å². The fourth-order valence-electron chi connectivity index (χ4n) is 2.73. The lowest BCUT2D eigenvalue weighted by atomic mass is 10.1. The van der Waals surface area contributed by atoms with E-state index in [1.54, 1.807) is 0 Å². The molecule has 0 aliphatic carbocycles. The predicted octanol–water partition coefficient (Wildman–Crippen LogP) is 1.90. The van der Waals surface area contributed by atoms with Gasteiger partial charge in [0.2, 0.25) is 5.01 Å². The molecule has 0 spiro atoms. The minimum absolute atomic E-state index is 0.0554. The molecule has 0 aliphatic heterocycles. The van der Waals surface area contributed by atoms with Crippen molar-refractivity contribution < 1.29 is 22.8 Å². The first-order valence-electron chi connectivity index (χ1n) is 9.85. The Bertz CT molecular complexity index is 1110. The summed E-state index contributed by atoms with van der Waals surface area (Å²) >= 11 is 1.01. The van der Waals surface area contributed by atoms with Crippen LogP contribution in [0.1, 0.15) is 49.9 Å². The molecule has 14 heteroatoms. The summed E-state index contributed by atoms with van der Waals surface area (Å²) in [7, 11) is 1.46. The number of rotatable bonds is 10. The summed E-state index contributed by atoms with van der Waals surface area (Å²) in [4.78, 5) is 27.7. The summed E-state index contributed by atoms with van der Waals surface area (Å²) in [6, 6.07) is 2.43. The van der Waals surface area contributed by atoms with Gasteiger partial charge in [0.15, 0.2) is 5.69 Å². The highest BCUT2D eigenvalue weighted by Gasteiger charge is 2.24. The maximum absolute atomic E-state index is 14.3. The van der Waals surface area contributed by atoms with Crippen LogP contribution in [-0.2, 0) is 25.4 Å². The van der Waals surface area contributed by atoms with E-state index in [4.69, 9.17) is 0 Å². The number of alkyl halides is 3. The monoisotopic (exact) mass is 482 g/mol. The maximum Gasteiger partial charge on any atom is 0.282 e. The van der Waals surface area contributed by atoms with Crippen LogP contribution in [0, 0.1) is 0 Å². The maximum atomic E-state index is 14.3. The number of aromatic nitrogens is 6. The van der Waals surface area contributed by atoms with Crippen molar-refractivity contribution in [2.24, 2.45) is 0 Å². The van der Waals surface area contributed by atoms with Gasteiger partial charge in [0.1, 0.15) is 11.2 Å². The van der Waals surface area contributed by atoms with Crippen molar-refractivity contribution in [1.29, 1.82) is 0 Å². The molecule has 2 amide bonds. The van der Waals surface area contributed by atoms with Crippen LogP contribution in [0.4, 0.5) is 13.2 Å². The molecule has 0 fully saturated rings. The van der Waals surface area contributed by atoms with Crippen molar-refractivity contribution >= 4 is 23.2 Å². The molecule has 3 aromatic rings. The van der Waals surface area contributed by atoms with Crippen LogP contribution >= 0.6 is 11.3 Å². The minimum atomic E-state index is -3.01. The van der Waals surface area contributed by atoms with E-state index in [9.17, 15) is 22.8 Å². The highest BCUT2D eigenvalue weighted by Crippen LogP contribution is 2.26. The van der Waals surface area contributed by atoms with Gasteiger partial charge in [-0.15, -0.1) is 15.3 Å². The minimum Gasteiger partial charge on any atom is -0.354 e. The second-order valence-corrected chi connectivity index (χ2v) is 8.21. The van der Waals surface area contributed by atoms with Gasteiger partial charge in [0.05, 0.1) is 25.0 Å². The molecule has 10 nitrogen and oxygen atoms in total. The smallest absolute Gasteiger partial charge is 0.282 e. The zero-order valence-corrected chi connectivity index (χ0v) is 18.6. The summed E-state index contributed by atoms with van der Waals surface area (Å²) in [6.45, 7) is 0.642. The number of hydrogen-bond acceptors (Lipinski definition) is 8. The van der Waals surface area contributed by atoms with Crippen molar-refractivity contribution in [2.75, 3.05) is 7.05 Å². The summed E-state index contributed by atoms with van der Waals surface area (Å²) in [5.74, 6) is -3.96. The van der Waals surface area contributed by atoms with E-state index in [1.165, 1.54) is 36.3 Å². The van der Waals surface area contributed by atoms with Crippen LogP contribution in [0.25, 0.3) is 0 Å². The first kappa shape index (κ1) is 24.2. The van der Waals surface area contributed by atoms with Gasteiger partial charge in [0, 0.05) is 32.2 Å². The lowest BCUT2D eigenvalue weighted by Gasteiger charge is -2.11. The van der Waals surface area contributed by atoms with Gasteiger partial charge in [-0.05, 0) is 18.6 Å². The third-order valence-corrected chi connectivity index (χ3v) is 5.45. The number of nitrogens with zero attached hydrogens (tertiary/aromatic N) is 6. The van der Waals surface area contributed by atoms with E-state index in [-0.39, 0.29) is 47.9 Å². The molecule has 176 valence electrons. The van der Waals surface area contributed by atoms with Gasteiger partial charge in [-0.25, -0.2) is 17.9 Å². The number of carbonyl (C=O) groups is 2. The molecule has 0 unspecified atom stereocenters. The Morgan fingerprint density at radius 2 is 2.03 bits per heavy atom. The number of hydrogen-bond donors (Lipinski definition) is 2. The van der Waals surface area contributed by atoms with Crippen molar-refractivity contribution in [3.05, 3.63) is 51.5 Å². The fourth-order valence-corrected chi connectivity index (χ4v) is 3.51. The summed E-state index contributed by atoms with van der Waals surface area (Å²) in [6.07, 6.45) is 1.68. The number of carbonyl (C=O) groups excluding carboxylic acids is 2. The lowest BCUT2D eigenvalue weighted by Crippen LogP contribution is -2.23. The highest BCUT2D eigenvalue weighted by molar-refractivity contribution is 7.13. The Labute approximate surface area is 190 Å². The average molecular weight is 482 g/mol. The zero-order valence-electron chi connectivity index (χ0n) is 17.8. The third kappa shape index (κ3) is 6.78. The molecular weight excluding hydrogens is 461 g/mol. The van der Waals surface area contributed by atoms with Crippen LogP contribution in [0.15, 0.2) is 24.5 Å². The summed E-state index contributed by atoms with van der Waals surface area (Å²) in [5.41, 5.74) is 0.173. The van der Waals surface area contributed by atoms with Gasteiger partial charge >= 0.3 is 0 Å². The molecule has 1 atom stereocenters. The topological polar surface area (TPSA) is 128 Å². The van der Waals surface area contributed by atoms with Crippen LogP contribution in [0.2, 0.25) is 0 Å².